The molecule has 1 aliphatic heterocycles. The van der Waals surface area contributed by atoms with Crippen LogP contribution in [0.2, 0.25) is 0 Å². The van der Waals surface area contributed by atoms with Crippen LogP contribution >= 0.6 is 0 Å². The first-order valence-electron chi connectivity index (χ1n) is 8.02. The molecule has 1 fully saturated rings. The number of morpholine rings is 1. The molecule has 1 atom stereocenters. The third-order valence-electron chi connectivity index (χ3n) is 3.83. The van der Waals surface area contributed by atoms with Gasteiger partial charge in [-0.3, -0.25) is 9.69 Å². The summed E-state index contributed by atoms with van der Waals surface area (Å²) in [6.45, 7) is 7.39. The van der Waals surface area contributed by atoms with Crippen molar-refractivity contribution in [3.8, 4) is 0 Å². The smallest absolute Gasteiger partial charge is 0.274 e. The molecule has 0 aliphatic carbocycles. The first-order chi connectivity index (χ1) is 11.7. The maximum atomic E-state index is 12.3. The van der Waals surface area contributed by atoms with Gasteiger partial charge in [0.15, 0.2) is 17.3 Å². The van der Waals surface area contributed by atoms with Crippen LogP contribution in [0.4, 0.5) is 0 Å². The Bertz CT molecular complexity index is 677. The van der Waals surface area contributed by atoms with Crippen molar-refractivity contribution >= 4 is 5.91 Å². The molecule has 1 aliphatic rings. The van der Waals surface area contributed by atoms with Gasteiger partial charge in [-0.15, -0.1) is 0 Å². The molecule has 0 bridgehead atoms. The number of carbonyl (C=O) groups is 1. The minimum Gasteiger partial charge on any atom is -0.379 e. The van der Waals surface area contributed by atoms with Gasteiger partial charge in [0.25, 0.3) is 5.91 Å². The van der Waals surface area contributed by atoms with Gasteiger partial charge in [-0.25, -0.2) is 0 Å². The molecule has 0 aromatic carbocycles. The summed E-state index contributed by atoms with van der Waals surface area (Å²) in [5.41, 5.74) is 0.243. The number of nitrogens with zero attached hydrogens (tertiary/aromatic N) is 4. The molecule has 3 rings (SSSR count). The van der Waals surface area contributed by atoms with E-state index < -0.39 is 0 Å². The van der Waals surface area contributed by atoms with E-state index in [1.807, 2.05) is 6.92 Å². The van der Waals surface area contributed by atoms with Gasteiger partial charge < -0.3 is 19.1 Å². The summed E-state index contributed by atoms with van der Waals surface area (Å²) in [6.07, 6.45) is 0.631. The Kier molecular flexibility index (Phi) is 5.21. The number of nitrogens with one attached hydrogen (secondary N) is 1. The van der Waals surface area contributed by atoms with Crippen LogP contribution in [-0.2, 0) is 11.3 Å². The van der Waals surface area contributed by atoms with E-state index in [-0.39, 0.29) is 17.6 Å². The maximum Gasteiger partial charge on any atom is 0.274 e. The summed E-state index contributed by atoms with van der Waals surface area (Å²) in [4.78, 5) is 18.7. The molecule has 1 unspecified atom stereocenters. The van der Waals surface area contributed by atoms with Crippen molar-refractivity contribution < 1.29 is 18.6 Å². The molecule has 0 saturated carbocycles. The molecular formula is C15H21N5O4. The molecular weight excluding hydrogens is 314 g/mol. The first-order valence-corrected chi connectivity index (χ1v) is 8.02. The summed E-state index contributed by atoms with van der Waals surface area (Å²) in [5, 5.41) is 10.4. The lowest BCUT2D eigenvalue weighted by Crippen LogP contribution is -2.35. The van der Waals surface area contributed by atoms with Crippen LogP contribution in [0.1, 0.15) is 47.4 Å². The normalized spacial score (nSPS) is 16.9. The highest BCUT2D eigenvalue weighted by atomic mass is 16.5. The lowest BCUT2D eigenvalue weighted by molar-refractivity contribution is 0.0305. The van der Waals surface area contributed by atoms with E-state index in [4.69, 9.17) is 13.8 Å². The summed E-state index contributed by atoms with van der Waals surface area (Å²) in [5.74, 6) is 1.26. The van der Waals surface area contributed by atoms with E-state index in [0.29, 0.717) is 43.7 Å². The molecule has 0 spiro atoms. The van der Waals surface area contributed by atoms with Crippen molar-refractivity contribution in [3.63, 3.8) is 0 Å². The van der Waals surface area contributed by atoms with E-state index in [2.05, 4.69) is 25.5 Å². The highest BCUT2D eigenvalue weighted by Crippen LogP contribution is 2.16. The molecule has 9 nitrogen and oxygen atoms in total. The van der Waals surface area contributed by atoms with Crippen molar-refractivity contribution in [3.05, 3.63) is 29.2 Å². The average Bonchev–Trinajstić information content (AvgIpc) is 3.22. The summed E-state index contributed by atoms with van der Waals surface area (Å²) in [7, 11) is 0. The zero-order valence-electron chi connectivity index (χ0n) is 13.8. The van der Waals surface area contributed by atoms with E-state index in [1.54, 1.807) is 13.0 Å². The number of rotatable bonds is 6. The molecule has 1 amide bonds. The predicted molar refractivity (Wildman–Crippen MR) is 82.1 cm³/mol. The highest BCUT2D eigenvalue weighted by molar-refractivity contribution is 5.92. The Morgan fingerprint density at radius 3 is 2.79 bits per heavy atom. The minimum atomic E-state index is -0.349. The lowest BCUT2D eigenvalue weighted by Gasteiger charge is -2.25. The highest BCUT2D eigenvalue weighted by Gasteiger charge is 2.22. The quantitative estimate of drug-likeness (QED) is 0.836. The number of carbonyl (C=O) groups excluding carboxylic acids is 1. The van der Waals surface area contributed by atoms with Gasteiger partial charge in [0, 0.05) is 19.2 Å². The second-order valence-electron chi connectivity index (χ2n) is 5.68. The third kappa shape index (κ3) is 3.98. The van der Waals surface area contributed by atoms with E-state index >= 15 is 0 Å². The minimum absolute atomic E-state index is 0.243. The summed E-state index contributed by atoms with van der Waals surface area (Å²) in [6, 6.07) is 1.31. The van der Waals surface area contributed by atoms with Crippen LogP contribution in [-0.4, -0.2) is 52.4 Å². The molecule has 1 saturated heterocycles. The molecule has 2 aromatic rings. The van der Waals surface area contributed by atoms with Crippen molar-refractivity contribution in [2.75, 3.05) is 26.3 Å². The first kappa shape index (κ1) is 16.6. The lowest BCUT2D eigenvalue weighted by atomic mass is 10.2. The Labute approximate surface area is 139 Å². The Morgan fingerprint density at radius 1 is 1.33 bits per heavy atom. The maximum absolute atomic E-state index is 12.3. The Balaban J connectivity index is 1.60. The molecule has 0 radical (unpaired) electrons. The van der Waals surface area contributed by atoms with Gasteiger partial charge in [-0.2, -0.15) is 4.98 Å². The molecule has 2 aromatic heterocycles. The summed E-state index contributed by atoms with van der Waals surface area (Å²) >= 11 is 0. The van der Waals surface area contributed by atoms with Crippen LogP contribution in [0.15, 0.2) is 15.1 Å². The van der Waals surface area contributed by atoms with Gasteiger partial charge in [0.1, 0.15) is 6.04 Å². The fourth-order valence-electron chi connectivity index (χ4n) is 2.50. The van der Waals surface area contributed by atoms with E-state index in [9.17, 15) is 4.79 Å². The SMILES string of the molecule is CCC(NC(=O)c1cc(CN2CCOCC2)on1)c1nc(C)no1. The van der Waals surface area contributed by atoms with Crippen molar-refractivity contribution in [1.29, 1.82) is 0 Å². The fourth-order valence-corrected chi connectivity index (χ4v) is 2.50. The molecule has 24 heavy (non-hydrogen) atoms. The monoisotopic (exact) mass is 335 g/mol. The molecule has 130 valence electrons. The van der Waals surface area contributed by atoms with Gasteiger partial charge in [0.05, 0.1) is 19.8 Å². The van der Waals surface area contributed by atoms with Crippen molar-refractivity contribution in [2.45, 2.75) is 32.9 Å². The largest absolute Gasteiger partial charge is 0.379 e. The number of hydrogen-bond donors (Lipinski definition) is 1. The van der Waals surface area contributed by atoms with Crippen LogP contribution in [0.5, 0.6) is 0 Å². The zero-order valence-corrected chi connectivity index (χ0v) is 13.8. The Morgan fingerprint density at radius 2 is 2.12 bits per heavy atom. The number of ether oxygens (including phenoxy) is 1. The third-order valence-corrected chi connectivity index (χ3v) is 3.83. The van der Waals surface area contributed by atoms with E-state index in [0.717, 1.165) is 13.1 Å². The summed E-state index contributed by atoms with van der Waals surface area (Å²) < 4.78 is 15.7. The number of aryl methyl sites for hydroxylation is 1. The number of aromatic nitrogens is 3. The zero-order chi connectivity index (χ0) is 16.9. The van der Waals surface area contributed by atoms with Crippen molar-refractivity contribution in [2.24, 2.45) is 0 Å². The van der Waals surface area contributed by atoms with Crippen LogP contribution in [0, 0.1) is 6.92 Å². The van der Waals surface area contributed by atoms with Crippen LogP contribution in [0.25, 0.3) is 0 Å². The molecule has 9 heteroatoms. The van der Waals surface area contributed by atoms with Crippen LogP contribution < -0.4 is 5.32 Å². The second-order valence-corrected chi connectivity index (χ2v) is 5.68. The Hall–Kier alpha value is -2.26. The van der Waals surface area contributed by atoms with Gasteiger partial charge in [0.2, 0.25) is 5.89 Å². The number of hydrogen-bond acceptors (Lipinski definition) is 8. The van der Waals surface area contributed by atoms with Gasteiger partial charge in [-0.1, -0.05) is 17.2 Å². The molecule has 1 N–H and O–H groups in total. The predicted octanol–water partition coefficient (Wildman–Crippen LogP) is 1.08. The standard InChI is InChI=1S/C15H21N5O4/c1-3-12(15-16-10(2)18-24-15)17-14(21)13-8-11(23-19-13)9-20-4-6-22-7-5-20/h8,12H,3-7,9H2,1-2H3,(H,17,21). The molecule has 3 heterocycles. The second kappa shape index (κ2) is 7.54. The van der Waals surface area contributed by atoms with Gasteiger partial charge >= 0.3 is 0 Å². The van der Waals surface area contributed by atoms with Gasteiger partial charge in [-0.05, 0) is 13.3 Å². The van der Waals surface area contributed by atoms with Crippen LogP contribution in [0.3, 0.4) is 0 Å². The topological polar surface area (TPSA) is 107 Å². The van der Waals surface area contributed by atoms with Crippen molar-refractivity contribution in [1.82, 2.24) is 25.5 Å². The van der Waals surface area contributed by atoms with E-state index in [1.165, 1.54) is 0 Å². The fraction of sp³-hybridized carbons (Fsp3) is 0.600. The number of amides is 1. The average molecular weight is 335 g/mol.